The summed E-state index contributed by atoms with van der Waals surface area (Å²) in [7, 11) is 0. The maximum Gasteiger partial charge on any atom is 0.328 e. The van der Waals surface area contributed by atoms with E-state index >= 15 is 0 Å². The third-order valence-corrected chi connectivity index (χ3v) is 4.27. The lowest BCUT2D eigenvalue weighted by molar-refractivity contribution is -0.139. The first-order valence-corrected chi connectivity index (χ1v) is 8.50. The Morgan fingerprint density at radius 2 is 1.88 bits per heavy atom. The third-order valence-electron chi connectivity index (χ3n) is 4.27. The maximum absolute atomic E-state index is 12.7. The Bertz CT molecular complexity index is 766. The number of hydrogen-bond acceptors (Lipinski definition) is 6. The van der Waals surface area contributed by atoms with Crippen LogP contribution in [0.3, 0.4) is 0 Å². The van der Waals surface area contributed by atoms with Crippen LogP contribution in [0, 0.1) is 0 Å². The molecule has 0 radical (unpaired) electrons. The molecular formula is C18H21N5O3. The molecule has 136 valence electrons. The fourth-order valence-corrected chi connectivity index (χ4v) is 2.98. The predicted molar refractivity (Wildman–Crippen MR) is 97.3 cm³/mol. The van der Waals surface area contributed by atoms with Crippen molar-refractivity contribution in [3.8, 4) is 0 Å². The molecule has 1 atom stereocenters. The Hall–Kier alpha value is -3.16. The molecule has 1 aromatic heterocycles. The summed E-state index contributed by atoms with van der Waals surface area (Å²) >= 11 is 0. The smallest absolute Gasteiger partial charge is 0.328 e. The van der Waals surface area contributed by atoms with Gasteiger partial charge in [-0.25, -0.2) is 14.8 Å². The average molecular weight is 355 g/mol. The van der Waals surface area contributed by atoms with E-state index in [2.05, 4.69) is 15.3 Å². The lowest BCUT2D eigenvalue weighted by atomic mass is 10.1. The number of carboxylic acids is 1. The number of piperazine rings is 1. The summed E-state index contributed by atoms with van der Waals surface area (Å²) in [4.78, 5) is 36.0. The molecule has 8 nitrogen and oxygen atoms in total. The van der Waals surface area contributed by atoms with Crippen molar-refractivity contribution in [1.29, 1.82) is 0 Å². The number of rotatable bonds is 5. The number of hydrogen-bond donors (Lipinski definition) is 2. The molecule has 0 saturated carbocycles. The van der Waals surface area contributed by atoms with Gasteiger partial charge in [-0.3, -0.25) is 4.79 Å². The average Bonchev–Trinajstić information content (AvgIpc) is 2.68. The molecule has 0 spiro atoms. The zero-order valence-corrected chi connectivity index (χ0v) is 14.5. The summed E-state index contributed by atoms with van der Waals surface area (Å²) in [5.41, 5.74) is 1.19. The molecule has 0 bridgehead atoms. The van der Waals surface area contributed by atoms with E-state index in [1.807, 2.05) is 42.2 Å². The number of nitrogens with zero attached hydrogens (tertiary/aromatic N) is 4. The van der Waals surface area contributed by atoms with Crippen LogP contribution in [-0.4, -0.2) is 64.1 Å². The predicted octanol–water partition coefficient (Wildman–Crippen LogP) is 1.32. The molecule has 1 amide bonds. The monoisotopic (exact) mass is 355 g/mol. The fourth-order valence-electron chi connectivity index (χ4n) is 2.98. The van der Waals surface area contributed by atoms with Crippen LogP contribution in [0.15, 0.2) is 42.7 Å². The van der Waals surface area contributed by atoms with Crippen molar-refractivity contribution in [1.82, 2.24) is 14.9 Å². The zero-order valence-electron chi connectivity index (χ0n) is 14.5. The zero-order chi connectivity index (χ0) is 18.5. The number of carbonyl (C=O) groups is 2. The first-order valence-electron chi connectivity index (χ1n) is 8.50. The summed E-state index contributed by atoms with van der Waals surface area (Å²) < 4.78 is 0. The van der Waals surface area contributed by atoms with Gasteiger partial charge in [0.2, 0.25) is 5.95 Å². The number of amides is 1. The Morgan fingerprint density at radius 3 is 2.50 bits per heavy atom. The SMILES string of the molecule is CCNc1ncc(C(=O)N2CCN(c3ccccc3)C(C(=O)O)C2)cn1. The minimum absolute atomic E-state index is 0.109. The van der Waals surface area contributed by atoms with Gasteiger partial charge in [-0.05, 0) is 19.1 Å². The standard InChI is InChI=1S/C18H21N5O3/c1-2-19-18-20-10-13(11-21-18)16(24)22-8-9-23(15(12-22)17(25)26)14-6-4-3-5-7-14/h3-7,10-11,15H,2,8-9,12H2,1H3,(H,25,26)(H,19,20,21). The number of para-hydroxylation sites is 1. The summed E-state index contributed by atoms with van der Waals surface area (Å²) in [5, 5.41) is 12.6. The van der Waals surface area contributed by atoms with Crippen LogP contribution in [0.1, 0.15) is 17.3 Å². The van der Waals surface area contributed by atoms with E-state index in [1.165, 1.54) is 12.4 Å². The van der Waals surface area contributed by atoms with Gasteiger partial charge in [0.1, 0.15) is 6.04 Å². The molecular weight excluding hydrogens is 334 g/mol. The maximum atomic E-state index is 12.7. The van der Waals surface area contributed by atoms with Gasteiger partial charge in [0.15, 0.2) is 0 Å². The molecule has 2 aromatic rings. The first-order chi connectivity index (χ1) is 12.6. The summed E-state index contributed by atoms with van der Waals surface area (Å²) in [6.45, 7) is 3.61. The number of carboxylic acid groups (broad SMARTS) is 1. The molecule has 1 aliphatic rings. The Kier molecular flexibility index (Phi) is 5.31. The Morgan fingerprint density at radius 1 is 1.19 bits per heavy atom. The van der Waals surface area contributed by atoms with Crippen molar-refractivity contribution in [3.63, 3.8) is 0 Å². The molecule has 8 heteroatoms. The number of benzene rings is 1. The van der Waals surface area contributed by atoms with Crippen LogP contribution in [0.4, 0.5) is 11.6 Å². The van der Waals surface area contributed by atoms with E-state index < -0.39 is 12.0 Å². The molecule has 1 aliphatic heterocycles. The highest BCUT2D eigenvalue weighted by molar-refractivity contribution is 5.94. The number of nitrogens with one attached hydrogen (secondary N) is 1. The highest BCUT2D eigenvalue weighted by atomic mass is 16.4. The molecule has 1 fully saturated rings. The molecule has 1 unspecified atom stereocenters. The number of carbonyl (C=O) groups excluding carboxylic acids is 1. The second-order valence-corrected chi connectivity index (χ2v) is 5.96. The van der Waals surface area contributed by atoms with Crippen molar-refractivity contribution in [2.24, 2.45) is 0 Å². The van der Waals surface area contributed by atoms with E-state index in [0.717, 1.165) is 5.69 Å². The minimum Gasteiger partial charge on any atom is -0.480 e. The highest BCUT2D eigenvalue weighted by Crippen LogP contribution is 2.21. The minimum atomic E-state index is -0.954. The Labute approximate surface area is 151 Å². The summed E-state index contributed by atoms with van der Waals surface area (Å²) in [5.74, 6) is -0.751. The largest absolute Gasteiger partial charge is 0.480 e. The molecule has 1 saturated heterocycles. The van der Waals surface area contributed by atoms with Gasteiger partial charge in [0.05, 0.1) is 12.1 Å². The summed E-state index contributed by atoms with van der Waals surface area (Å²) in [6.07, 6.45) is 2.93. The van der Waals surface area contributed by atoms with Crippen molar-refractivity contribution >= 4 is 23.5 Å². The van der Waals surface area contributed by atoms with E-state index in [9.17, 15) is 14.7 Å². The highest BCUT2D eigenvalue weighted by Gasteiger charge is 2.34. The molecule has 1 aromatic carbocycles. The van der Waals surface area contributed by atoms with Gasteiger partial charge >= 0.3 is 5.97 Å². The van der Waals surface area contributed by atoms with Crippen molar-refractivity contribution in [3.05, 3.63) is 48.3 Å². The van der Waals surface area contributed by atoms with Gasteiger partial charge in [0.25, 0.3) is 5.91 Å². The third kappa shape index (κ3) is 3.74. The van der Waals surface area contributed by atoms with Crippen LogP contribution >= 0.6 is 0 Å². The van der Waals surface area contributed by atoms with E-state index in [4.69, 9.17) is 0 Å². The van der Waals surface area contributed by atoms with Gasteiger partial charge in [0, 0.05) is 37.7 Å². The number of aromatic nitrogens is 2. The molecule has 2 N–H and O–H groups in total. The van der Waals surface area contributed by atoms with Crippen LogP contribution in [-0.2, 0) is 4.79 Å². The van der Waals surface area contributed by atoms with E-state index in [0.29, 0.717) is 31.1 Å². The lowest BCUT2D eigenvalue weighted by Gasteiger charge is -2.40. The number of aliphatic carboxylic acids is 1. The van der Waals surface area contributed by atoms with Gasteiger partial charge in [-0.2, -0.15) is 0 Å². The van der Waals surface area contributed by atoms with Gasteiger partial charge in [-0.1, -0.05) is 18.2 Å². The summed E-state index contributed by atoms with van der Waals surface area (Å²) in [6, 6.07) is 8.58. The molecule has 0 aliphatic carbocycles. The van der Waals surface area contributed by atoms with Crippen molar-refractivity contribution in [2.75, 3.05) is 36.4 Å². The second kappa shape index (κ2) is 7.81. The van der Waals surface area contributed by atoms with Crippen molar-refractivity contribution in [2.45, 2.75) is 13.0 Å². The van der Waals surface area contributed by atoms with Crippen LogP contribution < -0.4 is 10.2 Å². The fraction of sp³-hybridized carbons (Fsp3) is 0.333. The molecule has 26 heavy (non-hydrogen) atoms. The van der Waals surface area contributed by atoms with Crippen LogP contribution in [0.25, 0.3) is 0 Å². The van der Waals surface area contributed by atoms with Gasteiger partial charge in [-0.15, -0.1) is 0 Å². The molecule has 2 heterocycles. The normalized spacial score (nSPS) is 17.0. The first kappa shape index (κ1) is 17.7. The quantitative estimate of drug-likeness (QED) is 0.835. The topological polar surface area (TPSA) is 98.7 Å². The number of anilines is 2. The molecule has 3 rings (SSSR count). The van der Waals surface area contributed by atoms with Crippen molar-refractivity contribution < 1.29 is 14.7 Å². The van der Waals surface area contributed by atoms with Crippen LogP contribution in [0.2, 0.25) is 0 Å². The van der Waals surface area contributed by atoms with E-state index in [-0.39, 0.29) is 12.5 Å². The van der Waals surface area contributed by atoms with E-state index in [1.54, 1.807) is 4.90 Å². The van der Waals surface area contributed by atoms with Crippen LogP contribution in [0.5, 0.6) is 0 Å². The lowest BCUT2D eigenvalue weighted by Crippen LogP contribution is -2.58. The second-order valence-electron chi connectivity index (χ2n) is 5.96. The Balaban J connectivity index is 1.74. The van der Waals surface area contributed by atoms with Gasteiger partial charge < -0.3 is 20.2 Å².